The Bertz CT molecular complexity index is 538. The van der Waals surface area contributed by atoms with Gasteiger partial charge in [0.15, 0.2) is 0 Å². The molecule has 2 heterocycles. The molecular weight excluding hydrogens is 264 g/mol. The van der Waals surface area contributed by atoms with E-state index in [2.05, 4.69) is 10.1 Å². The molecule has 0 saturated heterocycles. The van der Waals surface area contributed by atoms with E-state index < -0.39 is 0 Å². The molecule has 0 spiro atoms. The second kappa shape index (κ2) is 6.14. The van der Waals surface area contributed by atoms with E-state index in [1.54, 1.807) is 24.2 Å². The molecule has 5 nitrogen and oxygen atoms in total. The molecule has 2 N–H and O–H groups in total. The summed E-state index contributed by atoms with van der Waals surface area (Å²) in [5.74, 6) is 0. The summed E-state index contributed by atoms with van der Waals surface area (Å²) in [7, 11) is 1.65. The summed E-state index contributed by atoms with van der Waals surface area (Å²) in [6.07, 6.45) is 3.37. The minimum absolute atomic E-state index is 0.347. The smallest absolute Gasteiger partial charge is 0.0837 e. The Morgan fingerprint density at radius 3 is 2.84 bits per heavy atom. The zero-order valence-corrected chi connectivity index (χ0v) is 11.8. The van der Waals surface area contributed by atoms with Gasteiger partial charge < -0.3 is 10.5 Å². The minimum atomic E-state index is -0.347. The number of nitrogens with two attached hydrogens (primary N) is 1. The van der Waals surface area contributed by atoms with Crippen LogP contribution in [0.4, 0.5) is 0 Å². The number of hydrogen-bond donors (Lipinski definition) is 1. The molecule has 2 aromatic rings. The molecule has 19 heavy (non-hydrogen) atoms. The molecule has 0 aromatic carbocycles. The first-order chi connectivity index (χ1) is 9.13. The van der Waals surface area contributed by atoms with Crippen molar-refractivity contribution in [1.82, 2.24) is 14.8 Å². The van der Waals surface area contributed by atoms with Crippen LogP contribution in [0.5, 0.6) is 0 Å². The third-order valence-electron chi connectivity index (χ3n) is 2.93. The Kier molecular flexibility index (Phi) is 4.52. The maximum Gasteiger partial charge on any atom is 0.0837 e. The number of hydrogen-bond acceptors (Lipinski definition) is 4. The van der Waals surface area contributed by atoms with Crippen molar-refractivity contribution in [2.24, 2.45) is 5.73 Å². The van der Waals surface area contributed by atoms with Crippen molar-refractivity contribution in [1.29, 1.82) is 0 Å². The molecule has 0 saturated carbocycles. The van der Waals surface area contributed by atoms with Gasteiger partial charge in [-0.2, -0.15) is 5.10 Å². The van der Waals surface area contributed by atoms with Gasteiger partial charge in [0.05, 0.1) is 36.1 Å². The number of nitrogens with zero attached hydrogens (tertiary/aromatic N) is 3. The molecule has 2 aromatic heterocycles. The Hall–Kier alpha value is -1.43. The van der Waals surface area contributed by atoms with Crippen LogP contribution in [0.3, 0.4) is 0 Å². The maximum absolute atomic E-state index is 6.26. The SMILES string of the molecule is COCCn1ncc(Cl)c1C(N)c1ccc(C)nc1. The highest BCUT2D eigenvalue weighted by Crippen LogP contribution is 2.26. The van der Waals surface area contributed by atoms with Crippen LogP contribution in [-0.2, 0) is 11.3 Å². The van der Waals surface area contributed by atoms with Gasteiger partial charge in [-0.1, -0.05) is 17.7 Å². The third-order valence-corrected chi connectivity index (χ3v) is 3.22. The van der Waals surface area contributed by atoms with Crippen LogP contribution in [0.15, 0.2) is 24.5 Å². The summed E-state index contributed by atoms with van der Waals surface area (Å²) >= 11 is 6.18. The van der Waals surface area contributed by atoms with E-state index in [4.69, 9.17) is 22.1 Å². The molecular formula is C13H17ClN4O. The van der Waals surface area contributed by atoms with E-state index >= 15 is 0 Å². The molecule has 0 amide bonds. The number of aryl methyl sites for hydroxylation is 1. The van der Waals surface area contributed by atoms with Crippen LogP contribution >= 0.6 is 11.6 Å². The predicted molar refractivity (Wildman–Crippen MR) is 74.1 cm³/mol. The number of halogens is 1. The molecule has 0 aliphatic carbocycles. The monoisotopic (exact) mass is 280 g/mol. The lowest BCUT2D eigenvalue weighted by Gasteiger charge is -2.15. The second-order valence-corrected chi connectivity index (χ2v) is 4.71. The molecule has 102 valence electrons. The van der Waals surface area contributed by atoms with Gasteiger partial charge in [-0.25, -0.2) is 0 Å². The summed E-state index contributed by atoms with van der Waals surface area (Å²) in [6, 6.07) is 3.54. The highest BCUT2D eigenvalue weighted by molar-refractivity contribution is 6.31. The highest BCUT2D eigenvalue weighted by Gasteiger charge is 2.18. The van der Waals surface area contributed by atoms with Crippen molar-refractivity contribution in [2.75, 3.05) is 13.7 Å². The average Bonchev–Trinajstić information content (AvgIpc) is 2.77. The molecule has 2 rings (SSSR count). The number of ether oxygens (including phenoxy) is 1. The summed E-state index contributed by atoms with van der Waals surface area (Å²) in [5.41, 5.74) is 8.90. The quantitative estimate of drug-likeness (QED) is 0.909. The van der Waals surface area contributed by atoms with Gasteiger partial charge in [-0.3, -0.25) is 9.67 Å². The Labute approximate surface area is 117 Å². The zero-order valence-electron chi connectivity index (χ0n) is 11.0. The fourth-order valence-electron chi connectivity index (χ4n) is 1.86. The Balaban J connectivity index is 2.29. The topological polar surface area (TPSA) is 66.0 Å². The second-order valence-electron chi connectivity index (χ2n) is 4.30. The summed E-state index contributed by atoms with van der Waals surface area (Å²) in [6.45, 7) is 3.11. The van der Waals surface area contributed by atoms with Crippen LogP contribution < -0.4 is 5.73 Å². The minimum Gasteiger partial charge on any atom is -0.383 e. The molecule has 1 atom stereocenters. The van der Waals surface area contributed by atoms with Gasteiger partial charge in [0.1, 0.15) is 0 Å². The maximum atomic E-state index is 6.26. The van der Waals surface area contributed by atoms with Crippen LogP contribution in [0.25, 0.3) is 0 Å². The zero-order chi connectivity index (χ0) is 13.8. The van der Waals surface area contributed by atoms with E-state index in [9.17, 15) is 0 Å². The normalized spacial score (nSPS) is 12.6. The largest absolute Gasteiger partial charge is 0.383 e. The van der Waals surface area contributed by atoms with Crippen LogP contribution in [-0.4, -0.2) is 28.5 Å². The number of rotatable bonds is 5. The summed E-state index contributed by atoms with van der Waals surface area (Å²) in [5, 5.41) is 4.78. The van der Waals surface area contributed by atoms with E-state index in [0.717, 1.165) is 17.0 Å². The highest BCUT2D eigenvalue weighted by atomic mass is 35.5. The summed E-state index contributed by atoms with van der Waals surface area (Å²) < 4.78 is 6.83. The fraction of sp³-hybridized carbons (Fsp3) is 0.385. The number of methoxy groups -OCH3 is 1. The summed E-state index contributed by atoms with van der Waals surface area (Å²) in [4.78, 5) is 4.25. The van der Waals surface area contributed by atoms with E-state index in [0.29, 0.717) is 18.2 Å². The van der Waals surface area contributed by atoms with Gasteiger partial charge in [0.2, 0.25) is 0 Å². The molecule has 0 fully saturated rings. The first kappa shape index (κ1) is 14.0. The lowest BCUT2D eigenvalue weighted by atomic mass is 10.1. The molecule has 0 bridgehead atoms. The van der Waals surface area contributed by atoms with Crippen LogP contribution in [0, 0.1) is 6.92 Å². The standard InChI is InChI=1S/C13H17ClN4O/c1-9-3-4-10(7-16-9)12(15)13-11(14)8-17-18(13)5-6-19-2/h3-4,7-8,12H,5-6,15H2,1-2H3. The fourth-order valence-corrected chi connectivity index (χ4v) is 2.12. The van der Waals surface area contributed by atoms with Crippen molar-refractivity contribution >= 4 is 11.6 Å². The van der Waals surface area contributed by atoms with Gasteiger partial charge in [-0.15, -0.1) is 0 Å². The van der Waals surface area contributed by atoms with Crippen molar-refractivity contribution in [3.05, 3.63) is 46.5 Å². The molecule has 0 aliphatic rings. The van der Waals surface area contributed by atoms with Crippen molar-refractivity contribution in [2.45, 2.75) is 19.5 Å². The predicted octanol–water partition coefficient (Wildman–Crippen LogP) is 1.93. The third kappa shape index (κ3) is 3.12. The lowest BCUT2D eigenvalue weighted by molar-refractivity contribution is 0.182. The molecule has 6 heteroatoms. The van der Waals surface area contributed by atoms with Gasteiger partial charge >= 0.3 is 0 Å². The van der Waals surface area contributed by atoms with Gasteiger partial charge in [-0.05, 0) is 18.6 Å². The van der Waals surface area contributed by atoms with Crippen LogP contribution in [0.1, 0.15) is 23.0 Å². The Morgan fingerprint density at radius 1 is 1.42 bits per heavy atom. The van der Waals surface area contributed by atoms with Crippen molar-refractivity contribution < 1.29 is 4.74 Å². The van der Waals surface area contributed by atoms with E-state index in [-0.39, 0.29) is 6.04 Å². The average molecular weight is 281 g/mol. The number of aromatic nitrogens is 3. The van der Waals surface area contributed by atoms with Crippen LogP contribution in [0.2, 0.25) is 5.02 Å². The molecule has 1 unspecified atom stereocenters. The lowest BCUT2D eigenvalue weighted by Crippen LogP contribution is -2.19. The van der Waals surface area contributed by atoms with E-state index in [1.807, 2.05) is 19.1 Å². The van der Waals surface area contributed by atoms with Gasteiger partial charge in [0.25, 0.3) is 0 Å². The Morgan fingerprint density at radius 2 is 2.21 bits per heavy atom. The number of pyridine rings is 1. The van der Waals surface area contributed by atoms with Crippen molar-refractivity contribution in [3.8, 4) is 0 Å². The van der Waals surface area contributed by atoms with Crippen molar-refractivity contribution in [3.63, 3.8) is 0 Å². The molecule has 0 aliphatic heterocycles. The van der Waals surface area contributed by atoms with Gasteiger partial charge in [0, 0.05) is 19.0 Å². The molecule has 0 radical (unpaired) electrons. The van der Waals surface area contributed by atoms with E-state index in [1.165, 1.54) is 0 Å². The first-order valence-electron chi connectivity index (χ1n) is 6.01. The first-order valence-corrected chi connectivity index (χ1v) is 6.39.